The molecule has 0 aliphatic rings. The van der Waals surface area contributed by atoms with E-state index in [-0.39, 0.29) is 5.56 Å². The number of esters is 1. The first-order chi connectivity index (χ1) is 7.95. The highest BCUT2D eigenvalue weighted by Crippen LogP contribution is 2.35. The fourth-order valence-corrected chi connectivity index (χ4v) is 1.03. The lowest BCUT2D eigenvalue weighted by molar-refractivity contribution is 0.00928. The fraction of sp³-hybridized carbons (Fsp3) is 0.300. The minimum Gasteiger partial charge on any atom is -0.504 e. The summed E-state index contributed by atoms with van der Waals surface area (Å²) in [6, 6.07) is 1.81. The zero-order chi connectivity index (χ0) is 13.0. The Hall–Kier alpha value is -1.99. The summed E-state index contributed by atoms with van der Waals surface area (Å²) in [5, 5.41) is 44.8. The van der Waals surface area contributed by atoms with Crippen LogP contribution in [-0.2, 0) is 4.74 Å². The number of aliphatic hydroxyl groups excluding tert-OH is 2. The lowest BCUT2D eigenvalue weighted by Gasteiger charge is -2.09. The minimum absolute atomic E-state index is 0.192. The lowest BCUT2D eigenvalue weighted by atomic mass is 10.2. The van der Waals surface area contributed by atoms with E-state index in [2.05, 4.69) is 4.74 Å². The maximum atomic E-state index is 11.4. The second-order valence-electron chi connectivity index (χ2n) is 3.30. The average Bonchev–Trinajstić information content (AvgIpc) is 2.31. The smallest absolute Gasteiger partial charge is 0.338 e. The van der Waals surface area contributed by atoms with E-state index in [4.69, 9.17) is 25.5 Å². The van der Waals surface area contributed by atoms with E-state index in [1.165, 1.54) is 0 Å². The average molecular weight is 244 g/mol. The maximum absolute atomic E-state index is 11.4. The van der Waals surface area contributed by atoms with Crippen molar-refractivity contribution in [3.05, 3.63) is 17.7 Å². The third-order valence-electron chi connectivity index (χ3n) is 1.92. The molecule has 0 aliphatic carbocycles. The molecule has 17 heavy (non-hydrogen) atoms. The number of phenols is 3. The van der Waals surface area contributed by atoms with Gasteiger partial charge in [0.05, 0.1) is 12.2 Å². The largest absolute Gasteiger partial charge is 0.504 e. The van der Waals surface area contributed by atoms with Crippen molar-refractivity contribution in [2.24, 2.45) is 0 Å². The highest BCUT2D eigenvalue weighted by molar-refractivity contribution is 5.91. The van der Waals surface area contributed by atoms with Crippen LogP contribution in [0.15, 0.2) is 12.1 Å². The van der Waals surface area contributed by atoms with Crippen molar-refractivity contribution in [2.75, 3.05) is 13.2 Å². The van der Waals surface area contributed by atoms with Crippen LogP contribution in [0.3, 0.4) is 0 Å². The number of carbonyl (C=O) groups excluding carboxylic acids is 1. The van der Waals surface area contributed by atoms with Crippen LogP contribution in [0.4, 0.5) is 0 Å². The first-order valence-corrected chi connectivity index (χ1v) is 4.66. The van der Waals surface area contributed by atoms with Crippen molar-refractivity contribution < 1.29 is 35.1 Å². The third-order valence-corrected chi connectivity index (χ3v) is 1.92. The van der Waals surface area contributed by atoms with E-state index < -0.39 is 42.5 Å². The highest BCUT2D eigenvalue weighted by atomic mass is 16.5. The molecule has 0 spiro atoms. The zero-order valence-corrected chi connectivity index (χ0v) is 8.70. The SMILES string of the molecule is O=C(OCC(O)CO)c1cc(O)c(O)c(O)c1. The van der Waals surface area contributed by atoms with Gasteiger partial charge in [-0.25, -0.2) is 4.79 Å². The lowest BCUT2D eigenvalue weighted by Crippen LogP contribution is -2.21. The minimum atomic E-state index is -1.20. The molecular weight excluding hydrogens is 232 g/mol. The molecule has 1 aromatic carbocycles. The number of phenolic OH excluding ortho intramolecular Hbond substituents is 3. The summed E-state index contributed by atoms with van der Waals surface area (Å²) >= 11 is 0. The van der Waals surface area contributed by atoms with Crippen LogP contribution in [0, 0.1) is 0 Å². The number of hydrogen-bond acceptors (Lipinski definition) is 7. The summed E-state index contributed by atoms with van der Waals surface area (Å²) in [4.78, 5) is 11.4. The number of carbonyl (C=O) groups is 1. The van der Waals surface area contributed by atoms with Gasteiger partial charge in [0.15, 0.2) is 17.2 Å². The second-order valence-corrected chi connectivity index (χ2v) is 3.30. The number of aromatic hydroxyl groups is 3. The van der Waals surface area contributed by atoms with Crippen LogP contribution in [0.2, 0.25) is 0 Å². The summed E-state index contributed by atoms with van der Waals surface area (Å²) in [5.41, 5.74) is -0.192. The molecule has 0 bridgehead atoms. The van der Waals surface area contributed by atoms with E-state index in [9.17, 15) is 4.79 Å². The molecule has 0 saturated heterocycles. The van der Waals surface area contributed by atoms with Crippen LogP contribution in [-0.4, -0.2) is 50.8 Å². The summed E-state index contributed by atoms with van der Waals surface area (Å²) in [6.45, 7) is -0.975. The fourth-order valence-electron chi connectivity index (χ4n) is 1.03. The van der Waals surface area contributed by atoms with Gasteiger partial charge in [-0.15, -0.1) is 0 Å². The standard InChI is InChI=1S/C10H12O7/c11-3-6(12)4-17-10(16)5-1-7(13)9(15)8(14)2-5/h1-2,6,11-15H,3-4H2. The van der Waals surface area contributed by atoms with Gasteiger partial charge in [-0.2, -0.15) is 0 Å². The molecule has 1 unspecified atom stereocenters. The predicted octanol–water partition coefficient (Wildman–Crippen LogP) is -0.687. The highest BCUT2D eigenvalue weighted by Gasteiger charge is 2.15. The van der Waals surface area contributed by atoms with Gasteiger partial charge >= 0.3 is 5.97 Å². The van der Waals surface area contributed by atoms with Gasteiger partial charge in [-0.1, -0.05) is 0 Å². The van der Waals surface area contributed by atoms with Crippen LogP contribution in [0.1, 0.15) is 10.4 Å². The molecule has 94 valence electrons. The Labute approximate surface area is 96.1 Å². The van der Waals surface area contributed by atoms with Gasteiger partial charge < -0.3 is 30.3 Å². The number of benzene rings is 1. The first kappa shape index (κ1) is 13.1. The van der Waals surface area contributed by atoms with Gasteiger partial charge in [0, 0.05) is 0 Å². The molecule has 7 heteroatoms. The first-order valence-electron chi connectivity index (χ1n) is 4.66. The van der Waals surface area contributed by atoms with Crippen LogP contribution >= 0.6 is 0 Å². The molecule has 0 aromatic heterocycles. The van der Waals surface area contributed by atoms with E-state index in [1.807, 2.05) is 0 Å². The molecule has 7 nitrogen and oxygen atoms in total. The third kappa shape index (κ3) is 3.23. The van der Waals surface area contributed by atoms with Gasteiger partial charge in [-0.3, -0.25) is 0 Å². The molecule has 0 heterocycles. The van der Waals surface area contributed by atoms with Gasteiger partial charge in [0.25, 0.3) is 0 Å². The molecule has 1 aromatic rings. The summed E-state index contributed by atoms with van der Waals surface area (Å²) in [5.74, 6) is -2.99. The van der Waals surface area contributed by atoms with E-state index in [0.717, 1.165) is 12.1 Å². The van der Waals surface area contributed by atoms with E-state index in [1.54, 1.807) is 0 Å². The van der Waals surface area contributed by atoms with Crippen LogP contribution in [0.5, 0.6) is 17.2 Å². The summed E-state index contributed by atoms with van der Waals surface area (Å²) in [7, 11) is 0. The molecular formula is C10H12O7. The quantitative estimate of drug-likeness (QED) is 0.350. The van der Waals surface area contributed by atoms with Gasteiger partial charge in [0.1, 0.15) is 12.7 Å². The molecule has 1 atom stereocenters. The predicted molar refractivity (Wildman–Crippen MR) is 54.8 cm³/mol. The Morgan fingerprint density at radius 2 is 1.76 bits per heavy atom. The van der Waals surface area contributed by atoms with Crippen molar-refractivity contribution in [3.63, 3.8) is 0 Å². The van der Waals surface area contributed by atoms with Crippen LogP contribution < -0.4 is 0 Å². The van der Waals surface area contributed by atoms with Crippen molar-refractivity contribution in [3.8, 4) is 17.2 Å². The van der Waals surface area contributed by atoms with Crippen molar-refractivity contribution in [1.82, 2.24) is 0 Å². The molecule has 0 saturated carbocycles. The van der Waals surface area contributed by atoms with Gasteiger partial charge in [-0.05, 0) is 12.1 Å². The van der Waals surface area contributed by atoms with Crippen LogP contribution in [0.25, 0.3) is 0 Å². The topological polar surface area (TPSA) is 127 Å². The van der Waals surface area contributed by atoms with Gasteiger partial charge in [0.2, 0.25) is 0 Å². The Morgan fingerprint density at radius 1 is 1.24 bits per heavy atom. The molecule has 1 rings (SSSR count). The second kappa shape index (κ2) is 5.37. The number of hydrogen-bond donors (Lipinski definition) is 5. The molecule has 5 N–H and O–H groups in total. The Morgan fingerprint density at radius 3 is 2.24 bits per heavy atom. The number of ether oxygens (including phenoxy) is 1. The number of aliphatic hydroxyl groups is 2. The Kier molecular flexibility index (Phi) is 4.13. The van der Waals surface area contributed by atoms with Crippen molar-refractivity contribution in [2.45, 2.75) is 6.10 Å². The van der Waals surface area contributed by atoms with Crippen molar-refractivity contribution >= 4 is 5.97 Å². The molecule has 0 aliphatic heterocycles. The van der Waals surface area contributed by atoms with Crippen molar-refractivity contribution in [1.29, 1.82) is 0 Å². The number of rotatable bonds is 4. The molecule has 0 amide bonds. The maximum Gasteiger partial charge on any atom is 0.338 e. The Bertz CT molecular complexity index is 392. The van der Waals surface area contributed by atoms with E-state index >= 15 is 0 Å². The Balaban J connectivity index is 2.76. The summed E-state index contributed by atoms with van der Waals surface area (Å²) < 4.78 is 4.58. The molecule has 0 fully saturated rings. The summed E-state index contributed by atoms with van der Waals surface area (Å²) in [6.07, 6.45) is -1.20. The molecule has 0 radical (unpaired) electrons. The van der Waals surface area contributed by atoms with E-state index in [0.29, 0.717) is 0 Å². The monoisotopic (exact) mass is 244 g/mol. The normalized spacial score (nSPS) is 12.1. The zero-order valence-electron chi connectivity index (χ0n) is 8.70.